The summed E-state index contributed by atoms with van der Waals surface area (Å²) in [7, 11) is 0. The van der Waals surface area contributed by atoms with Gasteiger partial charge in [-0.1, -0.05) is 13.8 Å². The van der Waals surface area contributed by atoms with Crippen molar-refractivity contribution in [2.24, 2.45) is 0 Å². The van der Waals surface area contributed by atoms with Crippen LogP contribution in [0.3, 0.4) is 0 Å². The maximum absolute atomic E-state index is 11.9. The van der Waals surface area contributed by atoms with Gasteiger partial charge in [-0.05, 0) is 28.3 Å². The van der Waals surface area contributed by atoms with Crippen LogP contribution in [-0.2, 0) is 6.54 Å². The first-order valence-corrected chi connectivity index (χ1v) is 6.67. The van der Waals surface area contributed by atoms with Gasteiger partial charge in [-0.3, -0.25) is 9.89 Å². The Bertz CT molecular complexity index is 530. The van der Waals surface area contributed by atoms with Crippen LogP contribution in [0.5, 0.6) is 0 Å². The summed E-state index contributed by atoms with van der Waals surface area (Å²) in [6.45, 7) is 4.49. The van der Waals surface area contributed by atoms with E-state index in [-0.39, 0.29) is 17.5 Å². The van der Waals surface area contributed by atoms with Crippen molar-refractivity contribution in [3.8, 4) is 0 Å². The third-order valence-electron chi connectivity index (χ3n) is 2.66. The molecule has 0 aliphatic carbocycles. The summed E-state index contributed by atoms with van der Waals surface area (Å²) in [6.07, 6.45) is 0. The van der Waals surface area contributed by atoms with E-state index < -0.39 is 0 Å². The lowest BCUT2D eigenvalue weighted by Gasteiger charge is -2.04. The number of amides is 1. The molecule has 96 valence electrons. The summed E-state index contributed by atoms with van der Waals surface area (Å²) in [5, 5.41) is 13.6. The van der Waals surface area contributed by atoms with E-state index >= 15 is 0 Å². The van der Waals surface area contributed by atoms with E-state index in [9.17, 15) is 4.79 Å². The van der Waals surface area contributed by atoms with E-state index in [0.717, 1.165) is 11.3 Å². The van der Waals surface area contributed by atoms with Crippen LogP contribution < -0.4 is 11.1 Å². The monoisotopic (exact) mass is 264 g/mol. The highest BCUT2D eigenvalue weighted by atomic mass is 32.1. The Morgan fingerprint density at radius 1 is 1.61 bits per heavy atom. The van der Waals surface area contributed by atoms with Crippen molar-refractivity contribution < 1.29 is 4.79 Å². The summed E-state index contributed by atoms with van der Waals surface area (Å²) in [4.78, 5) is 11.9. The molecule has 0 aliphatic heterocycles. The smallest absolute Gasteiger partial charge is 0.274 e. The van der Waals surface area contributed by atoms with Crippen molar-refractivity contribution in [3.63, 3.8) is 0 Å². The van der Waals surface area contributed by atoms with Crippen LogP contribution in [0.2, 0.25) is 0 Å². The van der Waals surface area contributed by atoms with E-state index in [0.29, 0.717) is 12.2 Å². The average molecular weight is 264 g/mol. The first-order valence-electron chi connectivity index (χ1n) is 5.72. The zero-order chi connectivity index (χ0) is 13.1. The molecular formula is C12H16N4OS. The highest BCUT2D eigenvalue weighted by Gasteiger charge is 2.18. The molecule has 0 fully saturated rings. The largest absolute Gasteiger partial charge is 0.395 e. The predicted molar refractivity (Wildman–Crippen MR) is 72.6 cm³/mol. The van der Waals surface area contributed by atoms with Crippen molar-refractivity contribution in [3.05, 3.63) is 33.8 Å². The van der Waals surface area contributed by atoms with Crippen molar-refractivity contribution in [2.45, 2.75) is 26.3 Å². The number of nitrogen functional groups attached to an aromatic ring is 1. The van der Waals surface area contributed by atoms with Gasteiger partial charge >= 0.3 is 0 Å². The van der Waals surface area contributed by atoms with Crippen LogP contribution in [0.25, 0.3) is 0 Å². The van der Waals surface area contributed by atoms with Gasteiger partial charge in [-0.2, -0.15) is 16.4 Å². The lowest BCUT2D eigenvalue weighted by Crippen LogP contribution is -2.23. The zero-order valence-electron chi connectivity index (χ0n) is 10.4. The average Bonchev–Trinajstić information content (AvgIpc) is 2.94. The molecule has 0 atom stereocenters. The number of nitrogens with one attached hydrogen (secondary N) is 2. The number of rotatable bonds is 4. The Morgan fingerprint density at radius 3 is 2.94 bits per heavy atom. The Kier molecular flexibility index (Phi) is 3.66. The Hall–Kier alpha value is -1.82. The van der Waals surface area contributed by atoms with Crippen molar-refractivity contribution in [1.82, 2.24) is 15.5 Å². The molecule has 0 unspecified atom stereocenters. The van der Waals surface area contributed by atoms with E-state index in [2.05, 4.69) is 15.5 Å². The molecule has 0 aromatic carbocycles. The molecule has 2 rings (SSSR count). The Labute approximate surface area is 109 Å². The molecule has 2 aromatic heterocycles. The molecule has 0 saturated carbocycles. The van der Waals surface area contributed by atoms with Crippen LogP contribution >= 0.6 is 11.3 Å². The maximum Gasteiger partial charge on any atom is 0.274 e. The number of carbonyl (C=O) groups is 1. The molecule has 6 heteroatoms. The summed E-state index contributed by atoms with van der Waals surface area (Å²) in [5.41, 5.74) is 8.49. The second-order valence-corrected chi connectivity index (χ2v) is 5.15. The number of nitrogens with two attached hydrogens (primary N) is 1. The fourth-order valence-corrected chi connectivity index (χ4v) is 2.31. The van der Waals surface area contributed by atoms with Gasteiger partial charge in [0.1, 0.15) is 0 Å². The summed E-state index contributed by atoms with van der Waals surface area (Å²) in [5.74, 6) is -0.0298. The second kappa shape index (κ2) is 5.22. The van der Waals surface area contributed by atoms with Gasteiger partial charge in [-0.15, -0.1) is 0 Å². The first-order chi connectivity index (χ1) is 8.59. The SMILES string of the molecule is CC(C)c1[nH]nc(C(=O)NCc2ccsc2)c1N. The van der Waals surface area contributed by atoms with Gasteiger partial charge in [0.15, 0.2) is 5.69 Å². The molecule has 0 saturated heterocycles. The van der Waals surface area contributed by atoms with Gasteiger partial charge < -0.3 is 11.1 Å². The molecule has 2 heterocycles. The fraction of sp³-hybridized carbons (Fsp3) is 0.333. The number of hydrogen-bond donors (Lipinski definition) is 3. The number of H-pyrrole nitrogens is 1. The van der Waals surface area contributed by atoms with Crippen molar-refractivity contribution in [1.29, 1.82) is 0 Å². The topological polar surface area (TPSA) is 83.8 Å². The number of thiophene rings is 1. The summed E-state index contributed by atoms with van der Waals surface area (Å²) < 4.78 is 0. The molecule has 5 nitrogen and oxygen atoms in total. The Morgan fingerprint density at radius 2 is 2.39 bits per heavy atom. The second-order valence-electron chi connectivity index (χ2n) is 4.37. The minimum Gasteiger partial charge on any atom is -0.395 e. The first kappa shape index (κ1) is 12.6. The highest BCUT2D eigenvalue weighted by molar-refractivity contribution is 7.07. The van der Waals surface area contributed by atoms with Crippen LogP contribution in [0, 0.1) is 0 Å². The van der Waals surface area contributed by atoms with E-state index in [1.54, 1.807) is 11.3 Å². The molecule has 4 N–H and O–H groups in total. The van der Waals surface area contributed by atoms with Gasteiger partial charge in [0.05, 0.1) is 11.4 Å². The van der Waals surface area contributed by atoms with E-state index in [4.69, 9.17) is 5.73 Å². The van der Waals surface area contributed by atoms with E-state index in [1.165, 1.54) is 0 Å². The quantitative estimate of drug-likeness (QED) is 0.790. The van der Waals surface area contributed by atoms with Gasteiger partial charge in [0.2, 0.25) is 0 Å². The van der Waals surface area contributed by atoms with E-state index in [1.807, 2.05) is 30.7 Å². The van der Waals surface area contributed by atoms with Crippen LogP contribution in [0.4, 0.5) is 5.69 Å². The third-order valence-corrected chi connectivity index (χ3v) is 3.39. The predicted octanol–water partition coefficient (Wildman–Crippen LogP) is 2.11. The van der Waals surface area contributed by atoms with Gasteiger partial charge in [0, 0.05) is 6.54 Å². The third kappa shape index (κ3) is 2.53. The number of aromatic amines is 1. The molecule has 0 spiro atoms. The normalized spacial score (nSPS) is 10.8. The van der Waals surface area contributed by atoms with Crippen LogP contribution in [-0.4, -0.2) is 16.1 Å². The van der Waals surface area contributed by atoms with Gasteiger partial charge in [-0.25, -0.2) is 0 Å². The van der Waals surface area contributed by atoms with Crippen LogP contribution in [0.1, 0.15) is 41.5 Å². The molecule has 1 amide bonds. The zero-order valence-corrected chi connectivity index (χ0v) is 11.2. The number of nitrogens with zero attached hydrogens (tertiary/aromatic N) is 1. The minimum atomic E-state index is -0.248. The molecule has 0 radical (unpaired) electrons. The van der Waals surface area contributed by atoms with Crippen molar-refractivity contribution in [2.75, 3.05) is 5.73 Å². The van der Waals surface area contributed by atoms with Gasteiger partial charge in [0.25, 0.3) is 5.91 Å². The molecule has 2 aromatic rings. The number of hydrogen-bond acceptors (Lipinski definition) is 4. The lowest BCUT2D eigenvalue weighted by molar-refractivity contribution is 0.0947. The highest BCUT2D eigenvalue weighted by Crippen LogP contribution is 2.21. The molecular weight excluding hydrogens is 248 g/mol. The summed E-state index contributed by atoms with van der Waals surface area (Å²) in [6, 6.07) is 1.97. The number of carbonyl (C=O) groups excluding carboxylic acids is 1. The lowest BCUT2D eigenvalue weighted by atomic mass is 10.1. The van der Waals surface area contributed by atoms with Crippen LogP contribution in [0.15, 0.2) is 16.8 Å². The summed E-state index contributed by atoms with van der Waals surface area (Å²) >= 11 is 1.60. The standard InChI is InChI=1S/C12H16N4OS/c1-7(2)10-9(13)11(16-15-10)12(17)14-5-8-3-4-18-6-8/h3-4,6-7H,5,13H2,1-2H3,(H,14,17)(H,15,16). The molecule has 0 aliphatic rings. The molecule has 18 heavy (non-hydrogen) atoms. The fourth-order valence-electron chi connectivity index (χ4n) is 1.64. The number of aromatic nitrogens is 2. The minimum absolute atomic E-state index is 0.218. The van der Waals surface area contributed by atoms with Crippen molar-refractivity contribution >= 4 is 22.9 Å². The Balaban J connectivity index is 2.05. The molecule has 0 bridgehead atoms. The maximum atomic E-state index is 11.9. The number of anilines is 1.